The number of aromatic nitrogens is 2. The molecule has 0 radical (unpaired) electrons. The summed E-state index contributed by atoms with van der Waals surface area (Å²) in [6, 6.07) is 6.64. The van der Waals surface area contributed by atoms with Crippen molar-refractivity contribution in [1.29, 1.82) is 0 Å². The average Bonchev–Trinajstić information content (AvgIpc) is 3.06. The Morgan fingerprint density at radius 3 is 2.86 bits per heavy atom. The molecule has 0 aliphatic heterocycles. The molecule has 0 saturated heterocycles. The summed E-state index contributed by atoms with van der Waals surface area (Å²) in [5.74, 6) is -1.28. The summed E-state index contributed by atoms with van der Waals surface area (Å²) in [5.41, 5.74) is 3.36. The van der Waals surface area contributed by atoms with Crippen LogP contribution in [0, 0.1) is 5.82 Å². The molecular weight excluding hydrogens is 467 g/mol. The molecule has 10 heteroatoms. The maximum atomic E-state index is 15.3. The smallest absolute Gasteiger partial charge is 0.277 e. The molecule has 0 atom stereocenters. The van der Waals surface area contributed by atoms with Crippen molar-refractivity contribution in [2.45, 2.75) is 6.92 Å². The third-order valence-electron chi connectivity index (χ3n) is 4.09. The van der Waals surface area contributed by atoms with Gasteiger partial charge in [0, 0.05) is 18.1 Å². The molecule has 154 valence electrons. The standard InChI is InChI=1S/C19H19BrClFN4O3/c1-3-28-6-7-29-25-19(27)12-9-15-18(23-10-26(15)2)16(22)17(12)24-14-5-4-11(20)8-13(14)21/h4-5,8-10,24H,3,6-7H2,1-2H3,(H,25,27). The number of imidazole rings is 1. The van der Waals surface area contributed by atoms with Gasteiger partial charge in [0.2, 0.25) is 0 Å². The minimum absolute atomic E-state index is 0.0497. The fourth-order valence-corrected chi connectivity index (χ4v) is 3.39. The van der Waals surface area contributed by atoms with Crippen LogP contribution in [0.4, 0.5) is 15.8 Å². The fraction of sp³-hybridized carbons (Fsp3) is 0.263. The number of ether oxygens (including phenoxy) is 1. The molecule has 29 heavy (non-hydrogen) atoms. The predicted molar refractivity (Wildman–Crippen MR) is 113 cm³/mol. The Bertz CT molecular complexity index is 1040. The summed E-state index contributed by atoms with van der Waals surface area (Å²) in [4.78, 5) is 21.9. The highest BCUT2D eigenvalue weighted by molar-refractivity contribution is 9.10. The molecule has 1 aromatic heterocycles. The average molecular weight is 486 g/mol. The van der Waals surface area contributed by atoms with Crippen LogP contribution in [0.2, 0.25) is 5.02 Å². The Kier molecular flexibility index (Phi) is 7.07. The van der Waals surface area contributed by atoms with Crippen molar-refractivity contribution in [1.82, 2.24) is 15.0 Å². The van der Waals surface area contributed by atoms with Crippen molar-refractivity contribution >= 4 is 55.8 Å². The van der Waals surface area contributed by atoms with Crippen molar-refractivity contribution in [2.75, 3.05) is 25.1 Å². The number of hydrogen-bond donors (Lipinski definition) is 2. The Labute approximate surface area is 180 Å². The number of carbonyl (C=O) groups excluding carboxylic acids is 1. The van der Waals surface area contributed by atoms with Crippen molar-refractivity contribution in [3.8, 4) is 0 Å². The summed E-state index contributed by atoms with van der Waals surface area (Å²) in [5, 5.41) is 3.27. The fourth-order valence-electron chi connectivity index (χ4n) is 2.67. The lowest BCUT2D eigenvalue weighted by atomic mass is 10.1. The number of rotatable bonds is 8. The molecule has 1 amide bonds. The normalized spacial score (nSPS) is 11.1. The second kappa shape index (κ2) is 9.53. The van der Waals surface area contributed by atoms with E-state index in [4.69, 9.17) is 21.2 Å². The number of carbonyl (C=O) groups is 1. The Morgan fingerprint density at radius 1 is 1.34 bits per heavy atom. The van der Waals surface area contributed by atoms with Crippen LogP contribution in [0.15, 0.2) is 35.1 Å². The van der Waals surface area contributed by atoms with Crippen LogP contribution < -0.4 is 10.8 Å². The van der Waals surface area contributed by atoms with Gasteiger partial charge >= 0.3 is 0 Å². The van der Waals surface area contributed by atoms with Gasteiger partial charge in [-0.3, -0.25) is 9.63 Å². The molecule has 1 heterocycles. The number of amides is 1. The van der Waals surface area contributed by atoms with Gasteiger partial charge in [-0.1, -0.05) is 27.5 Å². The van der Waals surface area contributed by atoms with Gasteiger partial charge in [0.05, 0.1) is 47.0 Å². The summed E-state index contributed by atoms with van der Waals surface area (Å²) in [6.07, 6.45) is 1.48. The van der Waals surface area contributed by atoms with Gasteiger partial charge in [-0.15, -0.1) is 0 Å². The van der Waals surface area contributed by atoms with E-state index in [1.165, 1.54) is 6.33 Å². The van der Waals surface area contributed by atoms with Gasteiger partial charge in [-0.25, -0.2) is 14.9 Å². The van der Waals surface area contributed by atoms with Crippen LogP contribution in [0.5, 0.6) is 0 Å². The van der Waals surface area contributed by atoms with Gasteiger partial charge in [0.25, 0.3) is 5.91 Å². The maximum absolute atomic E-state index is 15.3. The molecule has 0 bridgehead atoms. The first-order valence-electron chi connectivity index (χ1n) is 8.77. The van der Waals surface area contributed by atoms with Gasteiger partial charge < -0.3 is 14.6 Å². The van der Waals surface area contributed by atoms with Crippen LogP contribution >= 0.6 is 27.5 Å². The Balaban J connectivity index is 1.96. The lowest BCUT2D eigenvalue weighted by molar-refractivity contribution is 0.00170. The van der Waals surface area contributed by atoms with Gasteiger partial charge in [-0.05, 0) is 31.2 Å². The van der Waals surface area contributed by atoms with Gasteiger partial charge in [0.1, 0.15) is 5.52 Å². The summed E-state index contributed by atoms with van der Waals surface area (Å²) in [7, 11) is 1.72. The summed E-state index contributed by atoms with van der Waals surface area (Å²) < 4.78 is 22.8. The zero-order chi connectivity index (χ0) is 21.0. The zero-order valence-corrected chi connectivity index (χ0v) is 18.1. The van der Waals surface area contributed by atoms with Gasteiger partial charge in [-0.2, -0.15) is 0 Å². The van der Waals surface area contributed by atoms with Crippen molar-refractivity contribution < 1.29 is 18.8 Å². The Hall–Kier alpha value is -2.20. The highest BCUT2D eigenvalue weighted by Gasteiger charge is 2.22. The van der Waals surface area contributed by atoms with Crippen LogP contribution in [-0.2, 0) is 16.6 Å². The number of hydroxylamine groups is 1. The number of aryl methyl sites for hydroxylation is 1. The van der Waals surface area contributed by atoms with E-state index in [0.29, 0.717) is 29.4 Å². The topological polar surface area (TPSA) is 77.4 Å². The number of hydrogen-bond acceptors (Lipinski definition) is 5. The quantitative estimate of drug-likeness (QED) is 0.361. The number of benzene rings is 2. The molecule has 0 fully saturated rings. The van der Waals surface area contributed by atoms with E-state index in [0.717, 1.165) is 4.47 Å². The number of nitrogens with zero attached hydrogens (tertiary/aromatic N) is 2. The molecule has 0 spiro atoms. The monoisotopic (exact) mass is 484 g/mol. The van der Waals surface area contributed by atoms with Gasteiger partial charge in [0.15, 0.2) is 5.82 Å². The molecule has 7 nitrogen and oxygen atoms in total. The molecule has 2 N–H and O–H groups in total. The van der Waals surface area contributed by atoms with E-state index in [9.17, 15) is 4.79 Å². The third kappa shape index (κ3) is 4.87. The Morgan fingerprint density at radius 2 is 2.14 bits per heavy atom. The number of nitrogens with one attached hydrogen (secondary N) is 2. The molecule has 0 aliphatic rings. The first kappa shape index (κ1) is 21.5. The van der Waals surface area contributed by atoms with Crippen molar-refractivity contribution in [2.24, 2.45) is 7.05 Å². The molecule has 0 aliphatic carbocycles. The van der Waals surface area contributed by atoms with Crippen molar-refractivity contribution in [3.05, 3.63) is 51.5 Å². The van der Waals surface area contributed by atoms with Crippen LogP contribution in [0.25, 0.3) is 11.0 Å². The second-order valence-corrected chi connectivity index (χ2v) is 7.38. The van der Waals surface area contributed by atoms with E-state index in [1.807, 2.05) is 6.92 Å². The molecule has 3 aromatic rings. The SMILES string of the molecule is CCOCCONC(=O)c1cc2c(ncn2C)c(F)c1Nc1ccc(Br)cc1Cl. The second-order valence-electron chi connectivity index (χ2n) is 6.06. The van der Waals surface area contributed by atoms with E-state index >= 15 is 4.39 Å². The number of halogens is 3. The largest absolute Gasteiger partial charge is 0.379 e. The molecule has 0 saturated carbocycles. The van der Waals surface area contributed by atoms with Crippen molar-refractivity contribution in [3.63, 3.8) is 0 Å². The number of anilines is 2. The molecule has 0 unspecified atom stereocenters. The third-order valence-corrected chi connectivity index (χ3v) is 4.90. The highest BCUT2D eigenvalue weighted by atomic mass is 79.9. The zero-order valence-electron chi connectivity index (χ0n) is 15.8. The van der Waals surface area contributed by atoms with E-state index in [1.54, 1.807) is 35.9 Å². The van der Waals surface area contributed by atoms with E-state index in [2.05, 4.69) is 31.7 Å². The highest BCUT2D eigenvalue weighted by Crippen LogP contribution is 2.34. The predicted octanol–water partition coefficient (Wildman–Crippen LogP) is 4.57. The van der Waals surface area contributed by atoms with Crippen LogP contribution in [-0.4, -0.2) is 35.3 Å². The summed E-state index contributed by atoms with van der Waals surface area (Å²) >= 11 is 9.57. The minimum Gasteiger partial charge on any atom is -0.379 e. The minimum atomic E-state index is -0.665. The first-order valence-corrected chi connectivity index (χ1v) is 9.95. The lowest BCUT2D eigenvalue weighted by Gasteiger charge is -2.15. The lowest BCUT2D eigenvalue weighted by Crippen LogP contribution is -2.26. The van der Waals surface area contributed by atoms with E-state index < -0.39 is 11.7 Å². The van der Waals surface area contributed by atoms with Crippen LogP contribution in [0.3, 0.4) is 0 Å². The maximum Gasteiger partial charge on any atom is 0.277 e. The summed E-state index contributed by atoms with van der Waals surface area (Å²) in [6.45, 7) is 2.89. The first-order chi connectivity index (χ1) is 13.9. The molecule has 3 rings (SSSR count). The molecule has 2 aromatic carbocycles. The van der Waals surface area contributed by atoms with E-state index in [-0.39, 0.29) is 23.4 Å². The number of fused-ring (bicyclic) bond motifs is 1. The van der Waals surface area contributed by atoms with Crippen LogP contribution in [0.1, 0.15) is 17.3 Å². The molecular formula is C19H19BrClFN4O3.